The van der Waals surface area contributed by atoms with E-state index in [0.29, 0.717) is 5.92 Å². The number of rotatable bonds is 8. The van der Waals surface area contributed by atoms with Crippen molar-refractivity contribution < 1.29 is 9.47 Å². The fourth-order valence-electron chi connectivity index (χ4n) is 2.75. The van der Waals surface area contributed by atoms with Crippen LogP contribution < -0.4 is 9.47 Å². The maximum Gasteiger partial charge on any atom is 0.119 e. The molecule has 2 heteroatoms. The van der Waals surface area contributed by atoms with Crippen LogP contribution in [0.4, 0.5) is 0 Å². The van der Waals surface area contributed by atoms with Crippen LogP contribution in [0.5, 0.6) is 11.5 Å². The third-order valence-electron chi connectivity index (χ3n) is 4.18. The fraction of sp³-hybridized carbons (Fsp3) is 0.478. The molecule has 0 saturated carbocycles. The van der Waals surface area contributed by atoms with Crippen LogP contribution >= 0.6 is 0 Å². The molecule has 0 aliphatic heterocycles. The van der Waals surface area contributed by atoms with Gasteiger partial charge in [0, 0.05) is 0 Å². The van der Waals surface area contributed by atoms with Gasteiger partial charge in [-0.05, 0) is 67.5 Å². The van der Waals surface area contributed by atoms with Crippen molar-refractivity contribution in [3.05, 3.63) is 59.7 Å². The highest BCUT2D eigenvalue weighted by atomic mass is 16.5. The second kappa shape index (κ2) is 12.4. The van der Waals surface area contributed by atoms with E-state index < -0.39 is 0 Å². The molecule has 0 saturated heterocycles. The highest BCUT2D eigenvalue weighted by Crippen LogP contribution is 2.26. The molecule has 1 unspecified atom stereocenters. The number of methoxy groups -OCH3 is 1. The maximum absolute atomic E-state index is 5.58. The Morgan fingerprint density at radius 3 is 2.08 bits per heavy atom. The summed E-state index contributed by atoms with van der Waals surface area (Å²) in [5, 5.41) is 0. The average molecular weight is 343 g/mol. The summed E-state index contributed by atoms with van der Waals surface area (Å²) in [6.45, 7) is 9.50. The van der Waals surface area contributed by atoms with Gasteiger partial charge in [0.1, 0.15) is 11.5 Å². The first-order valence-electron chi connectivity index (χ1n) is 9.47. The highest BCUT2D eigenvalue weighted by Gasteiger charge is 2.07. The lowest BCUT2D eigenvalue weighted by Gasteiger charge is -2.14. The molecular weight excluding hydrogens is 308 g/mol. The van der Waals surface area contributed by atoms with Gasteiger partial charge >= 0.3 is 0 Å². The van der Waals surface area contributed by atoms with Crippen molar-refractivity contribution >= 4 is 0 Å². The van der Waals surface area contributed by atoms with E-state index in [-0.39, 0.29) is 0 Å². The summed E-state index contributed by atoms with van der Waals surface area (Å²) in [5.41, 5.74) is 2.68. The van der Waals surface area contributed by atoms with Crippen LogP contribution in [0.15, 0.2) is 48.5 Å². The van der Waals surface area contributed by atoms with Gasteiger partial charge in [-0.2, -0.15) is 0 Å². The average Bonchev–Trinajstić information content (AvgIpc) is 2.65. The molecule has 0 radical (unpaired) electrons. The van der Waals surface area contributed by atoms with Crippen molar-refractivity contribution in [1.82, 2.24) is 0 Å². The Morgan fingerprint density at radius 1 is 0.880 bits per heavy atom. The van der Waals surface area contributed by atoms with Crippen molar-refractivity contribution in [3.63, 3.8) is 0 Å². The zero-order valence-corrected chi connectivity index (χ0v) is 16.5. The van der Waals surface area contributed by atoms with E-state index >= 15 is 0 Å². The van der Waals surface area contributed by atoms with Crippen molar-refractivity contribution in [1.29, 1.82) is 0 Å². The molecule has 0 amide bonds. The Kier molecular flexibility index (Phi) is 10.5. The van der Waals surface area contributed by atoms with Crippen LogP contribution in [0, 0.1) is 6.92 Å². The Bertz CT molecular complexity index is 575. The van der Waals surface area contributed by atoms with Gasteiger partial charge in [0.2, 0.25) is 0 Å². The molecule has 138 valence electrons. The molecular formula is C23H34O2. The predicted octanol–water partition coefficient (Wildman–Crippen LogP) is 6.77. The van der Waals surface area contributed by atoms with E-state index in [1.54, 1.807) is 7.11 Å². The highest BCUT2D eigenvalue weighted by molar-refractivity contribution is 5.29. The van der Waals surface area contributed by atoms with Gasteiger partial charge in [-0.25, -0.2) is 0 Å². The number of benzene rings is 2. The fourth-order valence-corrected chi connectivity index (χ4v) is 2.75. The lowest BCUT2D eigenvalue weighted by molar-refractivity contribution is 0.317. The van der Waals surface area contributed by atoms with E-state index in [4.69, 9.17) is 9.47 Å². The summed E-state index contributed by atoms with van der Waals surface area (Å²) in [6.07, 6.45) is 4.83. The number of hydrogen-bond donors (Lipinski definition) is 0. The third kappa shape index (κ3) is 8.11. The Balaban J connectivity index is 0.000000293. The summed E-state index contributed by atoms with van der Waals surface area (Å²) < 4.78 is 10.6. The number of aryl methyl sites for hydroxylation is 1. The summed E-state index contributed by atoms with van der Waals surface area (Å²) in [6, 6.07) is 16.6. The van der Waals surface area contributed by atoms with Gasteiger partial charge in [-0.15, -0.1) is 0 Å². The van der Waals surface area contributed by atoms with Crippen LogP contribution in [0.2, 0.25) is 0 Å². The molecule has 0 fully saturated rings. The maximum atomic E-state index is 5.58. The first-order chi connectivity index (χ1) is 12.1. The smallest absolute Gasteiger partial charge is 0.119 e. The standard InChI is InChI=1S/C15H24O.C8H10O/c1-4-7-13(6-3)14-8-10-15(11-9-14)16-12-5-2;1-7-4-3-5-8(6-7)9-2/h8-11,13H,4-7,12H2,1-3H3;3-6H,1-2H3. The van der Waals surface area contributed by atoms with E-state index in [9.17, 15) is 0 Å². The zero-order chi connectivity index (χ0) is 18.5. The molecule has 2 nitrogen and oxygen atoms in total. The normalized spacial score (nSPS) is 11.2. The molecule has 0 spiro atoms. The molecule has 2 aromatic rings. The minimum absolute atomic E-state index is 0.713. The third-order valence-corrected chi connectivity index (χ3v) is 4.18. The topological polar surface area (TPSA) is 18.5 Å². The molecule has 0 bridgehead atoms. The Hall–Kier alpha value is -1.96. The van der Waals surface area contributed by atoms with Crippen LogP contribution in [0.3, 0.4) is 0 Å². The lowest BCUT2D eigenvalue weighted by atomic mass is 9.92. The van der Waals surface area contributed by atoms with Gasteiger partial charge in [-0.1, -0.05) is 51.5 Å². The Morgan fingerprint density at radius 2 is 1.60 bits per heavy atom. The van der Waals surface area contributed by atoms with E-state index in [1.807, 2.05) is 31.2 Å². The van der Waals surface area contributed by atoms with Gasteiger partial charge in [-0.3, -0.25) is 0 Å². The van der Waals surface area contributed by atoms with Gasteiger partial charge in [0.05, 0.1) is 13.7 Å². The molecule has 0 N–H and O–H groups in total. The van der Waals surface area contributed by atoms with Gasteiger partial charge < -0.3 is 9.47 Å². The molecule has 0 aliphatic rings. The van der Waals surface area contributed by atoms with Crippen LogP contribution in [0.1, 0.15) is 63.5 Å². The minimum Gasteiger partial charge on any atom is -0.497 e. The second-order valence-corrected chi connectivity index (χ2v) is 6.33. The summed E-state index contributed by atoms with van der Waals surface area (Å²) >= 11 is 0. The summed E-state index contributed by atoms with van der Waals surface area (Å²) in [4.78, 5) is 0. The van der Waals surface area contributed by atoms with Gasteiger partial charge in [0.25, 0.3) is 0 Å². The van der Waals surface area contributed by atoms with E-state index in [2.05, 4.69) is 45.0 Å². The van der Waals surface area contributed by atoms with Gasteiger partial charge in [0.15, 0.2) is 0 Å². The quantitative estimate of drug-likeness (QED) is 0.527. The van der Waals surface area contributed by atoms with Crippen LogP contribution in [0.25, 0.3) is 0 Å². The lowest BCUT2D eigenvalue weighted by Crippen LogP contribution is -1.98. The van der Waals surface area contributed by atoms with E-state index in [0.717, 1.165) is 24.5 Å². The zero-order valence-electron chi connectivity index (χ0n) is 16.5. The molecule has 0 aromatic heterocycles. The second-order valence-electron chi connectivity index (χ2n) is 6.33. The molecule has 25 heavy (non-hydrogen) atoms. The van der Waals surface area contributed by atoms with E-state index in [1.165, 1.54) is 30.4 Å². The SMILES string of the molecule is CCCOc1ccc(C(CC)CCC)cc1.COc1cccc(C)c1. The largest absolute Gasteiger partial charge is 0.497 e. The summed E-state index contributed by atoms with van der Waals surface area (Å²) in [7, 11) is 1.68. The number of ether oxygens (including phenoxy) is 2. The Labute approximate surface area is 154 Å². The minimum atomic E-state index is 0.713. The van der Waals surface area contributed by atoms with Crippen LogP contribution in [-0.2, 0) is 0 Å². The first-order valence-corrected chi connectivity index (χ1v) is 9.47. The molecule has 1 atom stereocenters. The van der Waals surface area contributed by atoms with Crippen molar-refractivity contribution in [3.8, 4) is 11.5 Å². The number of hydrogen-bond acceptors (Lipinski definition) is 2. The molecule has 2 rings (SSSR count). The monoisotopic (exact) mass is 342 g/mol. The molecule has 2 aromatic carbocycles. The van der Waals surface area contributed by atoms with Crippen molar-refractivity contribution in [2.75, 3.05) is 13.7 Å². The summed E-state index contributed by atoms with van der Waals surface area (Å²) in [5.74, 6) is 2.64. The predicted molar refractivity (Wildman–Crippen MR) is 108 cm³/mol. The van der Waals surface area contributed by atoms with Crippen molar-refractivity contribution in [2.45, 2.75) is 59.3 Å². The molecule has 0 aliphatic carbocycles. The first kappa shape index (κ1) is 21.1. The van der Waals surface area contributed by atoms with Crippen LogP contribution in [-0.4, -0.2) is 13.7 Å². The molecule has 0 heterocycles. The van der Waals surface area contributed by atoms with Crippen molar-refractivity contribution in [2.24, 2.45) is 0 Å².